The van der Waals surface area contributed by atoms with Gasteiger partial charge in [-0.05, 0) is 0 Å². The first-order valence-electron chi connectivity index (χ1n) is 3.80. The molecule has 0 atom stereocenters. The monoisotopic (exact) mass is 246 g/mol. The molecule has 80 valence electrons. The molecule has 8 heteroatoms. The van der Waals surface area contributed by atoms with Crippen molar-refractivity contribution in [3.05, 3.63) is 10.3 Å². The lowest BCUT2D eigenvalue weighted by atomic mass is 10.4. The van der Waals surface area contributed by atoms with Crippen molar-refractivity contribution in [3.8, 4) is 0 Å². The molecule has 2 heterocycles. The van der Waals surface area contributed by atoms with Gasteiger partial charge in [-0.25, -0.2) is 18.2 Å². The van der Waals surface area contributed by atoms with Gasteiger partial charge in [-0.15, -0.1) is 11.3 Å². The zero-order chi connectivity index (χ0) is 11.2. The van der Waals surface area contributed by atoms with E-state index in [-0.39, 0.29) is 15.6 Å². The lowest BCUT2D eigenvalue weighted by molar-refractivity contribution is 0.0704. The minimum absolute atomic E-state index is 0.0381. The smallest absolute Gasteiger partial charge is 0.348 e. The summed E-state index contributed by atoms with van der Waals surface area (Å²) in [4.78, 5) is 17.1. The number of aromatic nitrogens is 2. The number of nitrogens with zero attached hydrogens (tertiary/aromatic N) is 1. The van der Waals surface area contributed by atoms with E-state index in [9.17, 15) is 13.2 Å². The van der Waals surface area contributed by atoms with Crippen molar-refractivity contribution in [2.75, 3.05) is 6.26 Å². The first kappa shape index (κ1) is 10.1. The van der Waals surface area contributed by atoms with Gasteiger partial charge in [0.15, 0.2) is 0 Å². The van der Waals surface area contributed by atoms with Crippen molar-refractivity contribution in [3.63, 3.8) is 0 Å². The molecule has 2 aromatic heterocycles. The fraction of sp³-hybridized carbons (Fsp3) is 0.143. The maximum Gasteiger partial charge on any atom is 0.348 e. The fourth-order valence-corrected chi connectivity index (χ4v) is 2.45. The Bertz CT molecular complexity index is 637. The molecule has 2 aromatic rings. The normalized spacial score (nSPS) is 12.1. The number of carboxylic acids is 1. The number of imidazole rings is 1. The Morgan fingerprint density at radius 3 is 2.80 bits per heavy atom. The van der Waals surface area contributed by atoms with Crippen LogP contribution in [0.25, 0.3) is 11.0 Å². The summed E-state index contributed by atoms with van der Waals surface area (Å²) in [6, 6.07) is 0. The van der Waals surface area contributed by atoms with Gasteiger partial charge in [0.05, 0.1) is 5.52 Å². The molecule has 0 aromatic carbocycles. The lowest BCUT2D eigenvalue weighted by Crippen LogP contribution is -1.99. The highest BCUT2D eigenvalue weighted by molar-refractivity contribution is 7.90. The van der Waals surface area contributed by atoms with Gasteiger partial charge >= 0.3 is 5.97 Å². The van der Waals surface area contributed by atoms with Crippen LogP contribution in [0.3, 0.4) is 0 Å². The third kappa shape index (κ3) is 1.61. The van der Waals surface area contributed by atoms with Gasteiger partial charge in [-0.3, -0.25) is 0 Å². The van der Waals surface area contributed by atoms with E-state index in [1.807, 2.05) is 0 Å². The molecule has 2 rings (SSSR count). The molecule has 0 saturated carbocycles. The highest BCUT2D eigenvalue weighted by Crippen LogP contribution is 2.24. The van der Waals surface area contributed by atoms with Crippen LogP contribution in [0.4, 0.5) is 0 Å². The molecule has 0 radical (unpaired) electrons. The number of aromatic carboxylic acids is 1. The maximum atomic E-state index is 11.1. The summed E-state index contributed by atoms with van der Waals surface area (Å²) in [5, 5.41) is 10.1. The van der Waals surface area contributed by atoms with Gasteiger partial charge in [0, 0.05) is 11.6 Å². The Balaban J connectivity index is 2.73. The molecular formula is C7H6N2O4S2. The average molecular weight is 246 g/mol. The van der Waals surface area contributed by atoms with Crippen LogP contribution in [0.2, 0.25) is 0 Å². The van der Waals surface area contributed by atoms with Crippen molar-refractivity contribution in [2.45, 2.75) is 5.16 Å². The number of hydrogen-bond donors (Lipinski definition) is 2. The maximum absolute atomic E-state index is 11.1. The Morgan fingerprint density at radius 1 is 1.60 bits per heavy atom. The predicted molar refractivity (Wildman–Crippen MR) is 54.0 cm³/mol. The van der Waals surface area contributed by atoms with Gasteiger partial charge < -0.3 is 10.1 Å². The van der Waals surface area contributed by atoms with Crippen molar-refractivity contribution < 1.29 is 18.3 Å². The average Bonchev–Trinajstić information content (AvgIpc) is 2.56. The molecule has 2 N–H and O–H groups in total. The van der Waals surface area contributed by atoms with Crippen molar-refractivity contribution >= 4 is 38.2 Å². The Morgan fingerprint density at radius 2 is 2.27 bits per heavy atom. The molecule has 15 heavy (non-hydrogen) atoms. The molecule has 0 fully saturated rings. The van der Waals surface area contributed by atoms with Crippen LogP contribution in [0.5, 0.6) is 0 Å². The Labute approximate surface area is 88.5 Å². The predicted octanol–water partition coefficient (Wildman–Crippen LogP) is 0.726. The van der Waals surface area contributed by atoms with Crippen LogP contribution in [0.1, 0.15) is 9.67 Å². The van der Waals surface area contributed by atoms with E-state index < -0.39 is 15.8 Å². The number of carboxylic acid groups (broad SMARTS) is 1. The second-order valence-electron chi connectivity index (χ2n) is 2.95. The van der Waals surface area contributed by atoms with Gasteiger partial charge in [-0.2, -0.15) is 0 Å². The van der Waals surface area contributed by atoms with Crippen molar-refractivity contribution in [1.82, 2.24) is 9.97 Å². The molecular weight excluding hydrogens is 240 g/mol. The minimum atomic E-state index is -3.43. The van der Waals surface area contributed by atoms with Crippen molar-refractivity contribution in [2.24, 2.45) is 0 Å². The molecule has 0 aliphatic heterocycles. The summed E-state index contributed by atoms with van der Waals surface area (Å²) in [7, 11) is -3.43. The highest BCUT2D eigenvalue weighted by atomic mass is 32.2. The number of sulfone groups is 1. The van der Waals surface area contributed by atoms with E-state index in [2.05, 4.69) is 9.97 Å². The van der Waals surface area contributed by atoms with Crippen LogP contribution >= 0.6 is 11.3 Å². The van der Waals surface area contributed by atoms with E-state index in [1.54, 1.807) is 0 Å². The summed E-state index contributed by atoms with van der Waals surface area (Å²) >= 11 is 1.01. The quantitative estimate of drug-likeness (QED) is 0.813. The molecule has 6 nitrogen and oxygen atoms in total. The molecule has 0 saturated heterocycles. The largest absolute Gasteiger partial charge is 0.477 e. The summed E-state index contributed by atoms with van der Waals surface area (Å²) in [5.41, 5.74) is 0.616. The summed E-state index contributed by atoms with van der Waals surface area (Å²) in [6.07, 6.45) is 1.01. The molecule has 0 aliphatic rings. The Hall–Kier alpha value is -1.41. The van der Waals surface area contributed by atoms with Crippen LogP contribution in [0.15, 0.2) is 10.5 Å². The van der Waals surface area contributed by atoms with Gasteiger partial charge in [0.25, 0.3) is 0 Å². The van der Waals surface area contributed by atoms with E-state index in [0.29, 0.717) is 5.52 Å². The van der Waals surface area contributed by atoms with Crippen LogP contribution < -0.4 is 0 Å². The first-order chi connectivity index (χ1) is 6.89. The summed E-state index contributed by atoms with van der Waals surface area (Å²) < 4.78 is 22.3. The van der Waals surface area contributed by atoms with Gasteiger partial charge in [0.2, 0.25) is 15.0 Å². The zero-order valence-electron chi connectivity index (χ0n) is 7.51. The first-order valence-corrected chi connectivity index (χ1v) is 6.57. The van der Waals surface area contributed by atoms with E-state index in [1.165, 1.54) is 5.38 Å². The molecule has 0 unspecified atom stereocenters. The van der Waals surface area contributed by atoms with Gasteiger partial charge in [-0.1, -0.05) is 0 Å². The zero-order valence-corrected chi connectivity index (χ0v) is 9.15. The number of nitrogens with one attached hydrogen (secondary N) is 1. The molecule has 0 bridgehead atoms. The number of rotatable bonds is 2. The van der Waals surface area contributed by atoms with Gasteiger partial charge in [0.1, 0.15) is 10.4 Å². The SMILES string of the molecule is CS(=O)(=O)c1nc2c(C(=O)O)scc2[nH]1. The summed E-state index contributed by atoms with van der Waals surface area (Å²) in [5.74, 6) is -1.11. The number of aromatic amines is 1. The molecule has 0 spiro atoms. The lowest BCUT2D eigenvalue weighted by Gasteiger charge is -1.88. The number of carbonyl (C=O) groups is 1. The van der Waals surface area contributed by atoms with E-state index in [4.69, 9.17) is 5.11 Å². The van der Waals surface area contributed by atoms with Crippen LogP contribution in [-0.4, -0.2) is 35.7 Å². The van der Waals surface area contributed by atoms with Crippen molar-refractivity contribution in [1.29, 1.82) is 0 Å². The number of H-pyrrole nitrogens is 1. The highest BCUT2D eigenvalue weighted by Gasteiger charge is 2.19. The molecule has 0 aliphatic carbocycles. The summed E-state index contributed by atoms with van der Waals surface area (Å²) in [6.45, 7) is 0. The second kappa shape index (κ2) is 3.04. The topological polar surface area (TPSA) is 100 Å². The standard InChI is InChI=1S/C7H6N2O4S2/c1-15(12,13)7-8-3-2-14-5(6(10)11)4(3)9-7/h2H,1H3,(H,8,9)(H,10,11). The number of hydrogen-bond acceptors (Lipinski definition) is 5. The third-order valence-corrected chi connectivity index (χ3v) is 3.62. The van der Waals surface area contributed by atoms with E-state index in [0.717, 1.165) is 17.6 Å². The van der Waals surface area contributed by atoms with Crippen LogP contribution in [0, 0.1) is 0 Å². The minimum Gasteiger partial charge on any atom is -0.477 e. The third-order valence-electron chi connectivity index (χ3n) is 1.77. The van der Waals surface area contributed by atoms with Crippen LogP contribution in [-0.2, 0) is 9.84 Å². The molecule has 0 amide bonds. The second-order valence-corrected chi connectivity index (χ2v) is 5.76. The number of thiophene rings is 1. The fourth-order valence-electron chi connectivity index (χ4n) is 1.12. The Kier molecular flexibility index (Phi) is 2.05. The number of fused-ring (bicyclic) bond motifs is 1. The van der Waals surface area contributed by atoms with E-state index >= 15 is 0 Å².